The van der Waals surface area contributed by atoms with E-state index in [4.69, 9.17) is 9.47 Å². The van der Waals surface area contributed by atoms with E-state index >= 15 is 0 Å². The minimum atomic E-state index is -2.02. The van der Waals surface area contributed by atoms with Crippen LogP contribution < -0.4 is 0 Å². The van der Waals surface area contributed by atoms with Gasteiger partial charge in [0, 0.05) is 12.7 Å². The fourth-order valence-corrected chi connectivity index (χ4v) is 1.21. The number of esters is 1. The zero-order valence-electron chi connectivity index (χ0n) is 8.77. The van der Waals surface area contributed by atoms with Crippen LogP contribution in [-0.4, -0.2) is 24.8 Å². The van der Waals surface area contributed by atoms with Crippen molar-refractivity contribution in [1.82, 2.24) is 0 Å². The first-order chi connectivity index (χ1) is 7.15. The van der Waals surface area contributed by atoms with Crippen LogP contribution in [0.5, 0.6) is 0 Å². The Balaban J connectivity index is 3.00. The highest BCUT2D eigenvalue weighted by Crippen LogP contribution is 2.23. The average Bonchev–Trinajstić information content (AvgIpc) is 2.29. The predicted molar refractivity (Wildman–Crippen MR) is 54.0 cm³/mol. The Labute approximate surface area is 88.4 Å². The third-order valence-corrected chi connectivity index (χ3v) is 2.01. The number of carbonyl (C=O) groups excluding carboxylic acids is 1. The lowest BCUT2D eigenvalue weighted by Crippen LogP contribution is -2.39. The second-order valence-corrected chi connectivity index (χ2v) is 2.93. The van der Waals surface area contributed by atoms with Crippen molar-refractivity contribution in [2.45, 2.75) is 12.7 Å². The molecule has 0 aliphatic heterocycles. The van der Waals surface area contributed by atoms with Crippen LogP contribution in [0, 0.1) is 0 Å². The highest BCUT2D eigenvalue weighted by molar-refractivity contribution is 5.79. The molecule has 0 bridgehead atoms. The Morgan fingerprint density at radius 2 is 2.00 bits per heavy atom. The van der Waals surface area contributed by atoms with Gasteiger partial charge in [0.05, 0.1) is 6.61 Å². The molecular weight excluding hydrogens is 196 g/mol. The van der Waals surface area contributed by atoms with E-state index in [9.17, 15) is 9.90 Å². The molecule has 0 fully saturated rings. The van der Waals surface area contributed by atoms with Gasteiger partial charge in [-0.25, -0.2) is 4.79 Å². The van der Waals surface area contributed by atoms with Crippen molar-refractivity contribution in [2.75, 3.05) is 13.7 Å². The maximum atomic E-state index is 11.5. The van der Waals surface area contributed by atoms with Crippen molar-refractivity contribution in [3.63, 3.8) is 0 Å². The minimum Gasteiger partial charge on any atom is -0.462 e. The molecular formula is C11H14O4. The largest absolute Gasteiger partial charge is 0.462 e. The normalized spacial score (nSPS) is 14.3. The van der Waals surface area contributed by atoms with Gasteiger partial charge in [0.2, 0.25) is 0 Å². The molecule has 15 heavy (non-hydrogen) atoms. The van der Waals surface area contributed by atoms with Gasteiger partial charge in [-0.15, -0.1) is 0 Å². The van der Waals surface area contributed by atoms with Crippen LogP contribution >= 0.6 is 0 Å². The van der Waals surface area contributed by atoms with Crippen molar-refractivity contribution in [1.29, 1.82) is 0 Å². The molecule has 82 valence electrons. The van der Waals surface area contributed by atoms with Gasteiger partial charge in [-0.1, -0.05) is 30.3 Å². The first-order valence-electron chi connectivity index (χ1n) is 4.65. The molecule has 4 nitrogen and oxygen atoms in total. The number of hydrogen-bond donors (Lipinski definition) is 1. The maximum Gasteiger partial charge on any atom is 0.371 e. The van der Waals surface area contributed by atoms with Gasteiger partial charge >= 0.3 is 5.97 Å². The van der Waals surface area contributed by atoms with Gasteiger partial charge in [-0.2, -0.15) is 0 Å². The highest BCUT2D eigenvalue weighted by atomic mass is 16.7. The lowest BCUT2D eigenvalue weighted by molar-refractivity contribution is -0.224. The van der Waals surface area contributed by atoms with Gasteiger partial charge in [0.1, 0.15) is 0 Å². The summed E-state index contributed by atoms with van der Waals surface area (Å²) in [4.78, 5) is 11.5. The Morgan fingerprint density at radius 1 is 1.40 bits per heavy atom. The number of ether oxygens (including phenoxy) is 2. The number of aliphatic hydroxyl groups is 1. The topological polar surface area (TPSA) is 55.8 Å². The summed E-state index contributed by atoms with van der Waals surface area (Å²) in [5, 5.41) is 9.99. The van der Waals surface area contributed by atoms with Gasteiger partial charge in [-0.3, -0.25) is 0 Å². The third-order valence-electron chi connectivity index (χ3n) is 2.01. The van der Waals surface area contributed by atoms with Gasteiger partial charge in [-0.05, 0) is 6.92 Å². The Bertz CT molecular complexity index is 323. The summed E-state index contributed by atoms with van der Waals surface area (Å²) in [5.74, 6) is -2.82. The minimum absolute atomic E-state index is 0.192. The summed E-state index contributed by atoms with van der Waals surface area (Å²) in [6.07, 6.45) is 0. The zero-order valence-corrected chi connectivity index (χ0v) is 8.77. The van der Waals surface area contributed by atoms with Crippen molar-refractivity contribution in [3.05, 3.63) is 35.9 Å². The van der Waals surface area contributed by atoms with Crippen molar-refractivity contribution < 1.29 is 19.4 Å². The number of benzene rings is 1. The van der Waals surface area contributed by atoms with E-state index in [0.29, 0.717) is 5.56 Å². The molecule has 1 N–H and O–H groups in total. The van der Waals surface area contributed by atoms with Crippen LogP contribution in [0.4, 0.5) is 0 Å². The molecule has 1 aromatic rings. The zero-order chi connectivity index (χ0) is 11.3. The van der Waals surface area contributed by atoms with Gasteiger partial charge < -0.3 is 14.6 Å². The van der Waals surface area contributed by atoms with E-state index in [0.717, 1.165) is 0 Å². The molecule has 0 saturated carbocycles. The summed E-state index contributed by atoms with van der Waals surface area (Å²) in [5.41, 5.74) is 0.353. The summed E-state index contributed by atoms with van der Waals surface area (Å²) < 4.78 is 9.56. The van der Waals surface area contributed by atoms with Crippen LogP contribution in [0.1, 0.15) is 12.5 Å². The Kier molecular flexibility index (Phi) is 3.82. The summed E-state index contributed by atoms with van der Waals surface area (Å²) >= 11 is 0. The summed E-state index contributed by atoms with van der Waals surface area (Å²) in [6.45, 7) is 1.86. The van der Waals surface area contributed by atoms with E-state index < -0.39 is 11.8 Å². The molecule has 0 aliphatic rings. The maximum absolute atomic E-state index is 11.5. The molecule has 4 heteroatoms. The molecule has 0 aliphatic carbocycles. The standard InChI is InChI=1S/C11H14O4/c1-3-15-10(12)11(13,14-2)9-7-5-4-6-8-9/h4-8,13H,3H2,1-2H3. The first-order valence-corrected chi connectivity index (χ1v) is 4.65. The van der Waals surface area contributed by atoms with Crippen LogP contribution in [0.2, 0.25) is 0 Å². The van der Waals surface area contributed by atoms with E-state index in [1.54, 1.807) is 37.3 Å². The van der Waals surface area contributed by atoms with Crippen molar-refractivity contribution >= 4 is 5.97 Å². The Morgan fingerprint density at radius 3 is 2.47 bits per heavy atom. The average molecular weight is 210 g/mol. The van der Waals surface area contributed by atoms with Crippen LogP contribution in [0.15, 0.2) is 30.3 Å². The molecule has 0 radical (unpaired) electrons. The predicted octanol–water partition coefficient (Wildman–Crippen LogP) is 1.04. The smallest absolute Gasteiger partial charge is 0.371 e. The molecule has 0 aromatic heterocycles. The molecule has 1 unspecified atom stereocenters. The van der Waals surface area contributed by atoms with Crippen LogP contribution in [0.25, 0.3) is 0 Å². The summed E-state index contributed by atoms with van der Waals surface area (Å²) in [6, 6.07) is 8.39. The SMILES string of the molecule is CCOC(=O)C(O)(OC)c1ccccc1. The lowest BCUT2D eigenvalue weighted by Gasteiger charge is -2.23. The second kappa shape index (κ2) is 4.91. The van der Waals surface area contributed by atoms with Crippen molar-refractivity contribution in [2.24, 2.45) is 0 Å². The number of hydrogen-bond acceptors (Lipinski definition) is 4. The number of carbonyl (C=O) groups is 1. The number of methoxy groups -OCH3 is 1. The quantitative estimate of drug-likeness (QED) is 0.596. The van der Waals surface area contributed by atoms with Gasteiger partial charge in [0.15, 0.2) is 0 Å². The lowest BCUT2D eigenvalue weighted by atomic mass is 10.1. The van der Waals surface area contributed by atoms with E-state index in [2.05, 4.69) is 0 Å². The summed E-state index contributed by atoms with van der Waals surface area (Å²) in [7, 11) is 1.25. The molecule has 1 atom stereocenters. The van der Waals surface area contributed by atoms with E-state index in [-0.39, 0.29) is 6.61 Å². The van der Waals surface area contributed by atoms with Crippen LogP contribution in [0.3, 0.4) is 0 Å². The highest BCUT2D eigenvalue weighted by Gasteiger charge is 2.39. The molecule has 0 heterocycles. The third kappa shape index (κ3) is 2.34. The fourth-order valence-electron chi connectivity index (χ4n) is 1.21. The molecule has 0 amide bonds. The van der Waals surface area contributed by atoms with E-state index in [1.807, 2.05) is 0 Å². The number of rotatable bonds is 4. The van der Waals surface area contributed by atoms with Crippen molar-refractivity contribution in [3.8, 4) is 0 Å². The fraction of sp³-hybridized carbons (Fsp3) is 0.364. The molecule has 0 spiro atoms. The van der Waals surface area contributed by atoms with E-state index in [1.165, 1.54) is 7.11 Å². The molecule has 1 aromatic carbocycles. The second-order valence-electron chi connectivity index (χ2n) is 2.93. The first kappa shape index (κ1) is 11.7. The van der Waals surface area contributed by atoms with Crippen LogP contribution in [-0.2, 0) is 20.1 Å². The van der Waals surface area contributed by atoms with Gasteiger partial charge in [0.25, 0.3) is 5.79 Å². The Hall–Kier alpha value is -1.39. The molecule has 0 saturated heterocycles. The molecule has 1 rings (SSSR count). The monoisotopic (exact) mass is 210 g/mol.